The van der Waals surface area contributed by atoms with Crippen LogP contribution in [0, 0.1) is 18.8 Å². The zero-order chi connectivity index (χ0) is 29.7. The number of methoxy groups -OCH3 is 1. The molecule has 0 bridgehead atoms. The highest BCUT2D eigenvalue weighted by Crippen LogP contribution is 2.28. The Morgan fingerprint density at radius 3 is 2.45 bits per heavy atom. The van der Waals surface area contributed by atoms with E-state index in [0.717, 1.165) is 5.56 Å². The summed E-state index contributed by atoms with van der Waals surface area (Å²) >= 11 is 12.6. The fraction of sp³-hybridized carbons (Fsp3) is 0.258. The molecule has 1 heterocycles. The summed E-state index contributed by atoms with van der Waals surface area (Å²) in [6, 6.07) is 13.5. The normalized spacial score (nSPS) is 10.9. The van der Waals surface area contributed by atoms with Gasteiger partial charge >= 0.3 is 0 Å². The number of amides is 2. The van der Waals surface area contributed by atoms with Crippen LogP contribution in [0.4, 0.5) is 11.4 Å². The summed E-state index contributed by atoms with van der Waals surface area (Å²) in [4.78, 5) is 34.4. The number of ether oxygens (including phenoxy) is 2. The van der Waals surface area contributed by atoms with Gasteiger partial charge in [-0.3, -0.25) is 9.59 Å². The summed E-state index contributed by atoms with van der Waals surface area (Å²) < 4.78 is 10.8. The van der Waals surface area contributed by atoms with Crippen LogP contribution in [0.3, 0.4) is 0 Å². The third kappa shape index (κ3) is 8.25. The lowest BCUT2D eigenvalue weighted by Crippen LogP contribution is -2.19. The van der Waals surface area contributed by atoms with E-state index in [-0.39, 0.29) is 47.4 Å². The summed E-state index contributed by atoms with van der Waals surface area (Å²) in [6.07, 6.45) is 0. The topological polar surface area (TPSA) is 105 Å². The number of fused-ring (bicyclic) bond motifs is 1. The molecule has 2 amide bonds. The first kappa shape index (κ1) is 32.9. The molecule has 11 heteroatoms. The maximum absolute atomic E-state index is 13.5. The van der Waals surface area contributed by atoms with Gasteiger partial charge in [0.25, 0.3) is 11.8 Å². The number of anilines is 2. The second-order valence-electron chi connectivity index (χ2n) is 10.3. The maximum atomic E-state index is 13.5. The number of hydrogen-bond acceptors (Lipinski definition) is 5. The van der Waals surface area contributed by atoms with E-state index in [9.17, 15) is 9.59 Å². The number of nitrogens with zero attached hydrogens (tertiary/aromatic N) is 1. The predicted octanol–water partition coefficient (Wildman–Crippen LogP) is 7.42. The summed E-state index contributed by atoms with van der Waals surface area (Å²) in [7, 11) is 1.55. The van der Waals surface area contributed by atoms with Gasteiger partial charge in [-0.1, -0.05) is 41.1 Å². The van der Waals surface area contributed by atoms with Gasteiger partial charge in [0, 0.05) is 29.1 Å². The van der Waals surface area contributed by atoms with E-state index in [0.29, 0.717) is 38.8 Å². The number of H-pyrrole nitrogens is 1. The Morgan fingerprint density at radius 2 is 1.74 bits per heavy atom. The lowest BCUT2D eigenvalue weighted by atomic mass is 10.1. The molecule has 0 aliphatic carbocycles. The highest BCUT2D eigenvalue weighted by Gasteiger charge is 2.19. The number of halogens is 3. The minimum Gasteiger partial charge on any atom is -0.377 e. The first-order chi connectivity index (χ1) is 19.4. The van der Waals surface area contributed by atoms with E-state index >= 15 is 0 Å². The molecule has 220 valence electrons. The molecular weight excluding hydrogens is 599 g/mol. The van der Waals surface area contributed by atoms with E-state index in [4.69, 9.17) is 32.7 Å². The van der Waals surface area contributed by atoms with Crippen molar-refractivity contribution in [2.24, 2.45) is 0 Å². The molecule has 8 nitrogen and oxygen atoms in total. The fourth-order valence-electron chi connectivity index (χ4n) is 3.92. The fourth-order valence-corrected chi connectivity index (χ4v) is 4.30. The van der Waals surface area contributed by atoms with E-state index < -0.39 is 11.8 Å². The van der Waals surface area contributed by atoms with Gasteiger partial charge in [0.1, 0.15) is 24.6 Å². The Kier molecular flexibility index (Phi) is 11.0. The zero-order valence-electron chi connectivity index (χ0n) is 23.8. The Morgan fingerprint density at radius 1 is 1.00 bits per heavy atom. The van der Waals surface area contributed by atoms with Crippen LogP contribution in [0.25, 0.3) is 11.0 Å². The Bertz CT molecular complexity index is 1680. The number of benzene rings is 3. The Balaban J connectivity index is 0.00000484. The average Bonchev–Trinajstić information content (AvgIpc) is 3.31. The van der Waals surface area contributed by atoms with E-state index in [1.165, 1.54) is 0 Å². The first-order valence-electron chi connectivity index (χ1n) is 12.8. The molecule has 0 spiro atoms. The van der Waals surface area contributed by atoms with Crippen molar-refractivity contribution in [1.82, 2.24) is 9.97 Å². The number of carbonyl (C=O) groups is 2. The smallest absolute Gasteiger partial charge is 0.258 e. The molecule has 3 aromatic carbocycles. The Labute approximate surface area is 260 Å². The lowest BCUT2D eigenvalue weighted by Gasteiger charge is -2.16. The van der Waals surface area contributed by atoms with Gasteiger partial charge in [0.2, 0.25) is 0 Å². The predicted molar refractivity (Wildman–Crippen MR) is 170 cm³/mol. The van der Waals surface area contributed by atoms with Crippen LogP contribution in [0.1, 0.15) is 58.4 Å². The molecule has 0 atom stereocenters. The molecule has 0 aliphatic rings. The number of aromatic nitrogens is 2. The maximum Gasteiger partial charge on any atom is 0.258 e. The monoisotopic (exact) mass is 628 g/mol. The SMILES string of the molecule is COCc1nc2c(C(=O)Nc3cccc(Cl)c3C)cc(NC(=O)c3cc(C#CCOC(C)(C)C)ccc3Cl)cc2[nH]1.Cl. The Hall–Kier alpha value is -3.58. The number of imidazole rings is 1. The highest BCUT2D eigenvalue weighted by molar-refractivity contribution is 6.34. The second-order valence-corrected chi connectivity index (χ2v) is 11.1. The van der Waals surface area contributed by atoms with Crippen LogP contribution in [0.15, 0.2) is 48.5 Å². The lowest BCUT2D eigenvalue weighted by molar-refractivity contribution is 0.0181. The van der Waals surface area contributed by atoms with Gasteiger partial charge in [0.05, 0.1) is 27.3 Å². The summed E-state index contributed by atoms with van der Waals surface area (Å²) in [5.74, 6) is 5.60. The van der Waals surface area contributed by atoms with Crippen LogP contribution >= 0.6 is 35.6 Å². The standard InChI is InChI=1S/C31H30Cl2N4O4.ClH/c1-18-23(32)9-6-10-25(18)36-30(39)22-15-20(16-26-28(22)37-27(35-26)17-40-5)34-29(38)21-14-19(11-12-24(21)33)8-7-13-41-31(2,3)4;/h6,9-12,14-16H,13,17H2,1-5H3,(H,34,38)(H,35,37)(H,36,39);1H. The molecule has 1 aromatic heterocycles. The molecule has 0 saturated heterocycles. The van der Waals surface area contributed by atoms with Gasteiger partial charge in [-0.15, -0.1) is 12.4 Å². The van der Waals surface area contributed by atoms with Crippen molar-refractivity contribution in [3.05, 3.63) is 86.7 Å². The molecule has 0 radical (unpaired) electrons. The van der Waals surface area contributed by atoms with Crippen LogP contribution in [-0.2, 0) is 16.1 Å². The molecule has 0 saturated carbocycles. The van der Waals surface area contributed by atoms with Crippen molar-refractivity contribution in [2.75, 3.05) is 24.4 Å². The van der Waals surface area contributed by atoms with Gasteiger partial charge in [-0.05, 0) is 75.7 Å². The molecule has 4 aromatic rings. The number of nitrogens with one attached hydrogen (secondary N) is 3. The average molecular weight is 630 g/mol. The molecule has 4 rings (SSSR count). The minimum atomic E-state index is -0.461. The van der Waals surface area contributed by atoms with Crippen molar-refractivity contribution < 1.29 is 19.1 Å². The third-order valence-corrected chi connectivity index (χ3v) is 6.70. The molecule has 0 aliphatic heterocycles. The zero-order valence-corrected chi connectivity index (χ0v) is 26.1. The third-order valence-electron chi connectivity index (χ3n) is 5.96. The van der Waals surface area contributed by atoms with E-state index in [2.05, 4.69) is 32.4 Å². The number of carbonyl (C=O) groups excluding carboxylic acids is 2. The summed E-state index contributed by atoms with van der Waals surface area (Å²) in [6.45, 7) is 8.14. The highest BCUT2D eigenvalue weighted by atomic mass is 35.5. The van der Waals surface area contributed by atoms with E-state index in [1.807, 2.05) is 27.7 Å². The van der Waals surface area contributed by atoms with Crippen molar-refractivity contribution >= 4 is 69.8 Å². The van der Waals surface area contributed by atoms with E-state index in [1.54, 1.807) is 55.6 Å². The molecule has 42 heavy (non-hydrogen) atoms. The van der Waals surface area contributed by atoms with Crippen molar-refractivity contribution in [2.45, 2.75) is 39.9 Å². The number of rotatable bonds is 7. The molecular formula is C31H31Cl3N4O4. The van der Waals surface area contributed by atoms with Crippen LogP contribution in [0.5, 0.6) is 0 Å². The molecule has 0 fully saturated rings. The largest absolute Gasteiger partial charge is 0.377 e. The first-order valence-corrected chi connectivity index (χ1v) is 13.5. The quantitative estimate of drug-likeness (QED) is 0.185. The van der Waals surface area contributed by atoms with Crippen molar-refractivity contribution in [3.8, 4) is 11.8 Å². The van der Waals surface area contributed by atoms with Gasteiger partial charge < -0.3 is 25.1 Å². The van der Waals surface area contributed by atoms with Crippen LogP contribution in [-0.4, -0.2) is 41.1 Å². The molecule has 3 N–H and O–H groups in total. The van der Waals surface area contributed by atoms with Crippen molar-refractivity contribution in [3.63, 3.8) is 0 Å². The summed E-state index contributed by atoms with van der Waals surface area (Å²) in [5.41, 5.74) is 3.44. The summed E-state index contributed by atoms with van der Waals surface area (Å²) in [5, 5.41) is 6.54. The molecule has 0 unspecified atom stereocenters. The second kappa shape index (κ2) is 14.1. The van der Waals surface area contributed by atoms with Gasteiger partial charge in [-0.25, -0.2) is 4.98 Å². The van der Waals surface area contributed by atoms with Crippen molar-refractivity contribution in [1.29, 1.82) is 0 Å². The number of hydrogen-bond donors (Lipinski definition) is 3. The van der Waals surface area contributed by atoms with Gasteiger partial charge in [-0.2, -0.15) is 0 Å². The van der Waals surface area contributed by atoms with Gasteiger partial charge in [0.15, 0.2) is 0 Å². The van der Waals surface area contributed by atoms with Crippen LogP contribution in [0.2, 0.25) is 10.0 Å². The number of aromatic amines is 1. The van der Waals surface area contributed by atoms with Crippen LogP contribution < -0.4 is 10.6 Å². The minimum absolute atomic E-state index is 0.